The van der Waals surface area contributed by atoms with Gasteiger partial charge in [-0.05, 0) is 17.7 Å². The quantitative estimate of drug-likeness (QED) is 0.781. The van der Waals surface area contributed by atoms with Crippen molar-refractivity contribution in [1.29, 1.82) is 0 Å². The summed E-state index contributed by atoms with van der Waals surface area (Å²) in [5.74, 6) is 0. The minimum absolute atomic E-state index is 0.375. The van der Waals surface area contributed by atoms with Gasteiger partial charge in [0.2, 0.25) is 0 Å². The molecule has 2 amide bonds. The highest BCUT2D eigenvalue weighted by molar-refractivity contribution is 5.97. The molecule has 0 aliphatic carbocycles. The van der Waals surface area contributed by atoms with Crippen molar-refractivity contribution in [1.82, 2.24) is 0 Å². The van der Waals surface area contributed by atoms with Crippen molar-refractivity contribution >= 4 is 17.9 Å². The van der Waals surface area contributed by atoms with Crippen LogP contribution in [0.25, 0.3) is 0 Å². The van der Waals surface area contributed by atoms with Gasteiger partial charge in [0.05, 0.1) is 0 Å². The first-order valence-corrected chi connectivity index (χ1v) is 5.30. The predicted molar refractivity (Wildman–Crippen MR) is 69.5 cm³/mol. The van der Waals surface area contributed by atoms with Crippen molar-refractivity contribution < 1.29 is 4.79 Å². The molecule has 2 aromatic carbocycles. The summed E-state index contributed by atoms with van der Waals surface area (Å²) in [5.41, 5.74) is 1.64. The number of anilines is 1. The Balaban J connectivity index is 1.96. The third-order valence-electron chi connectivity index (χ3n) is 2.16. The van der Waals surface area contributed by atoms with Crippen LogP contribution in [0.5, 0.6) is 0 Å². The maximum Gasteiger partial charge on any atom is 0.345 e. The van der Waals surface area contributed by atoms with Crippen molar-refractivity contribution in [3.05, 3.63) is 66.2 Å². The molecular formula is C14H12N2O. The summed E-state index contributed by atoms with van der Waals surface area (Å²) in [6.07, 6.45) is 1.54. The molecule has 2 aromatic rings. The van der Waals surface area contributed by atoms with Crippen LogP contribution in [0.4, 0.5) is 10.5 Å². The van der Waals surface area contributed by atoms with Gasteiger partial charge in [0, 0.05) is 11.9 Å². The first-order valence-electron chi connectivity index (χ1n) is 5.30. The van der Waals surface area contributed by atoms with Crippen LogP contribution in [0.15, 0.2) is 65.7 Å². The second kappa shape index (κ2) is 5.61. The highest BCUT2D eigenvalue weighted by Gasteiger charge is 1.96. The van der Waals surface area contributed by atoms with E-state index in [1.54, 1.807) is 0 Å². The zero-order valence-corrected chi connectivity index (χ0v) is 9.21. The number of amides is 2. The largest absolute Gasteiger partial charge is 0.345 e. The average Bonchev–Trinajstić information content (AvgIpc) is 2.39. The number of rotatable bonds is 2. The third-order valence-corrected chi connectivity index (χ3v) is 2.16. The fourth-order valence-electron chi connectivity index (χ4n) is 1.35. The van der Waals surface area contributed by atoms with Crippen LogP contribution < -0.4 is 5.32 Å². The average molecular weight is 224 g/mol. The standard InChI is InChI=1S/C14H12N2O/c17-14(16-13-9-5-2-6-10-13)15-11-12-7-3-1-4-8-12/h1-11H,(H,16,17)/b15-11+. The molecule has 0 heterocycles. The maximum atomic E-state index is 11.5. The summed E-state index contributed by atoms with van der Waals surface area (Å²) >= 11 is 0. The van der Waals surface area contributed by atoms with Gasteiger partial charge in [0.1, 0.15) is 0 Å². The Kier molecular flexibility index (Phi) is 3.65. The van der Waals surface area contributed by atoms with Crippen LogP contribution in [-0.4, -0.2) is 12.2 Å². The van der Waals surface area contributed by atoms with Gasteiger partial charge in [0.15, 0.2) is 0 Å². The Morgan fingerprint density at radius 3 is 2.18 bits per heavy atom. The fourth-order valence-corrected chi connectivity index (χ4v) is 1.35. The van der Waals surface area contributed by atoms with Crippen LogP contribution in [-0.2, 0) is 0 Å². The van der Waals surface area contributed by atoms with Gasteiger partial charge in [-0.1, -0.05) is 48.5 Å². The Morgan fingerprint density at radius 2 is 1.53 bits per heavy atom. The first-order chi connectivity index (χ1) is 8.34. The van der Waals surface area contributed by atoms with Gasteiger partial charge in [-0.3, -0.25) is 0 Å². The number of nitrogens with zero attached hydrogens (tertiary/aromatic N) is 1. The summed E-state index contributed by atoms with van der Waals surface area (Å²) in [4.78, 5) is 15.3. The van der Waals surface area contributed by atoms with E-state index in [4.69, 9.17) is 0 Å². The Labute approximate surface area is 99.8 Å². The van der Waals surface area contributed by atoms with Crippen molar-refractivity contribution in [3.63, 3.8) is 0 Å². The van der Waals surface area contributed by atoms with Gasteiger partial charge >= 0.3 is 6.03 Å². The SMILES string of the molecule is O=C(/N=C/c1ccccc1)Nc1ccccc1. The second-order valence-electron chi connectivity index (χ2n) is 3.47. The number of urea groups is 1. The molecule has 84 valence electrons. The van der Waals surface area contributed by atoms with Crippen molar-refractivity contribution in [2.45, 2.75) is 0 Å². The van der Waals surface area contributed by atoms with E-state index in [0.717, 1.165) is 11.3 Å². The highest BCUT2D eigenvalue weighted by Crippen LogP contribution is 2.05. The Morgan fingerprint density at radius 1 is 0.941 bits per heavy atom. The van der Waals surface area contributed by atoms with Gasteiger partial charge in [0.25, 0.3) is 0 Å². The number of benzene rings is 2. The lowest BCUT2D eigenvalue weighted by molar-refractivity contribution is 0.259. The molecule has 0 aliphatic rings. The number of hydrogen-bond donors (Lipinski definition) is 1. The summed E-state index contributed by atoms with van der Waals surface area (Å²) in [6, 6.07) is 18.4. The van der Waals surface area contributed by atoms with E-state index in [1.807, 2.05) is 60.7 Å². The maximum absolute atomic E-state index is 11.5. The second-order valence-corrected chi connectivity index (χ2v) is 3.47. The zero-order chi connectivity index (χ0) is 11.9. The van der Waals surface area contributed by atoms with E-state index >= 15 is 0 Å². The minimum Gasteiger partial charge on any atom is -0.306 e. The third kappa shape index (κ3) is 3.57. The van der Waals surface area contributed by atoms with Crippen LogP contribution in [0.1, 0.15) is 5.56 Å². The monoisotopic (exact) mass is 224 g/mol. The molecule has 1 N–H and O–H groups in total. The summed E-state index contributed by atoms with van der Waals surface area (Å²) in [6.45, 7) is 0. The lowest BCUT2D eigenvalue weighted by Crippen LogP contribution is -2.06. The van der Waals surface area contributed by atoms with Gasteiger partial charge in [-0.25, -0.2) is 9.79 Å². The van der Waals surface area contributed by atoms with Gasteiger partial charge in [-0.15, -0.1) is 0 Å². The number of para-hydroxylation sites is 1. The molecule has 3 heteroatoms. The number of carbonyl (C=O) groups excluding carboxylic acids is 1. The molecule has 0 radical (unpaired) electrons. The summed E-state index contributed by atoms with van der Waals surface area (Å²) in [5, 5.41) is 2.68. The molecule has 0 fully saturated rings. The highest BCUT2D eigenvalue weighted by atomic mass is 16.2. The summed E-state index contributed by atoms with van der Waals surface area (Å²) < 4.78 is 0. The van der Waals surface area contributed by atoms with Crippen LogP contribution in [0.2, 0.25) is 0 Å². The number of carbonyl (C=O) groups is 1. The van der Waals surface area contributed by atoms with E-state index in [2.05, 4.69) is 10.3 Å². The smallest absolute Gasteiger partial charge is 0.306 e. The number of hydrogen-bond acceptors (Lipinski definition) is 1. The molecule has 0 atom stereocenters. The van der Waals surface area contributed by atoms with Gasteiger partial charge < -0.3 is 5.32 Å². The first kappa shape index (κ1) is 11.1. The lowest BCUT2D eigenvalue weighted by atomic mass is 10.2. The minimum atomic E-state index is -0.375. The molecule has 2 rings (SSSR count). The van der Waals surface area contributed by atoms with Crippen LogP contribution in [0, 0.1) is 0 Å². The summed E-state index contributed by atoms with van der Waals surface area (Å²) in [7, 11) is 0. The normalized spacial score (nSPS) is 10.4. The molecule has 3 nitrogen and oxygen atoms in total. The molecule has 0 aliphatic heterocycles. The topological polar surface area (TPSA) is 41.5 Å². The molecule has 0 spiro atoms. The number of aliphatic imine (C=N–C) groups is 1. The van der Waals surface area contributed by atoms with Crippen LogP contribution >= 0.6 is 0 Å². The van der Waals surface area contributed by atoms with Crippen molar-refractivity contribution in [3.8, 4) is 0 Å². The molecule has 0 saturated heterocycles. The predicted octanol–water partition coefficient (Wildman–Crippen LogP) is 3.34. The van der Waals surface area contributed by atoms with E-state index in [-0.39, 0.29) is 6.03 Å². The number of nitrogens with one attached hydrogen (secondary N) is 1. The van der Waals surface area contributed by atoms with E-state index in [9.17, 15) is 4.79 Å². The molecule has 0 aromatic heterocycles. The Bertz CT molecular complexity index is 506. The fraction of sp³-hybridized carbons (Fsp3) is 0. The molecule has 0 saturated carbocycles. The molecule has 0 unspecified atom stereocenters. The van der Waals surface area contributed by atoms with E-state index in [1.165, 1.54) is 6.21 Å². The Hall–Kier alpha value is -2.42. The van der Waals surface area contributed by atoms with E-state index < -0.39 is 0 Å². The molecular weight excluding hydrogens is 212 g/mol. The lowest BCUT2D eigenvalue weighted by Gasteiger charge is -1.99. The molecule has 17 heavy (non-hydrogen) atoms. The van der Waals surface area contributed by atoms with E-state index in [0.29, 0.717) is 0 Å². The van der Waals surface area contributed by atoms with Crippen molar-refractivity contribution in [2.75, 3.05) is 5.32 Å². The molecule has 0 bridgehead atoms. The van der Waals surface area contributed by atoms with Crippen molar-refractivity contribution in [2.24, 2.45) is 4.99 Å². The van der Waals surface area contributed by atoms with Crippen LogP contribution in [0.3, 0.4) is 0 Å². The van der Waals surface area contributed by atoms with Gasteiger partial charge in [-0.2, -0.15) is 0 Å². The zero-order valence-electron chi connectivity index (χ0n) is 9.21.